The van der Waals surface area contributed by atoms with Crippen LogP contribution in [0.4, 0.5) is 5.69 Å². The number of nitriles is 1. The summed E-state index contributed by atoms with van der Waals surface area (Å²) in [5.41, 5.74) is 3.77. The standard InChI is InChI=1S/C20H21N3O2/c1-14-8-9-19(25-3)18(10-14)23-20(24)17(11-21)13-22-12-16-7-5-4-6-15(16)2/h4-10,13,22H,12H2,1-3H3,(H,23,24)/b17-13-. The van der Waals surface area contributed by atoms with Crippen molar-refractivity contribution in [3.8, 4) is 11.8 Å². The Labute approximate surface area is 147 Å². The van der Waals surface area contributed by atoms with Crippen LogP contribution in [-0.2, 0) is 11.3 Å². The molecule has 0 saturated heterocycles. The van der Waals surface area contributed by atoms with E-state index in [4.69, 9.17) is 4.74 Å². The first-order valence-electron chi connectivity index (χ1n) is 7.89. The van der Waals surface area contributed by atoms with Gasteiger partial charge in [-0.05, 0) is 42.7 Å². The molecule has 0 bridgehead atoms. The van der Waals surface area contributed by atoms with Gasteiger partial charge in [0.25, 0.3) is 5.91 Å². The monoisotopic (exact) mass is 335 g/mol. The Morgan fingerprint density at radius 3 is 2.68 bits per heavy atom. The largest absolute Gasteiger partial charge is 0.495 e. The maximum atomic E-state index is 12.3. The van der Waals surface area contributed by atoms with Crippen LogP contribution < -0.4 is 15.4 Å². The van der Waals surface area contributed by atoms with Gasteiger partial charge in [-0.25, -0.2) is 0 Å². The Morgan fingerprint density at radius 2 is 2.00 bits per heavy atom. The van der Waals surface area contributed by atoms with Crippen LogP contribution in [0.2, 0.25) is 0 Å². The van der Waals surface area contributed by atoms with Crippen LogP contribution in [0.15, 0.2) is 54.2 Å². The predicted molar refractivity (Wildman–Crippen MR) is 98.1 cm³/mol. The van der Waals surface area contributed by atoms with Gasteiger partial charge in [0.1, 0.15) is 17.4 Å². The zero-order valence-electron chi connectivity index (χ0n) is 14.6. The summed E-state index contributed by atoms with van der Waals surface area (Å²) in [4.78, 5) is 12.3. The van der Waals surface area contributed by atoms with Crippen molar-refractivity contribution in [2.24, 2.45) is 0 Å². The number of rotatable bonds is 6. The third-order valence-electron chi connectivity index (χ3n) is 3.77. The number of anilines is 1. The van der Waals surface area contributed by atoms with Crippen LogP contribution >= 0.6 is 0 Å². The number of aryl methyl sites for hydroxylation is 2. The van der Waals surface area contributed by atoms with Crippen LogP contribution in [0.25, 0.3) is 0 Å². The molecule has 25 heavy (non-hydrogen) atoms. The Kier molecular flexibility index (Phi) is 6.19. The molecule has 0 spiro atoms. The number of methoxy groups -OCH3 is 1. The Hall–Kier alpha value is -3.26. The summed E-state index contributed by atoms with van der Waals surface area (Å²) in [5.74, 6) is 0.0628. The second-order valence-electron chi connectivity index (χ2n) is 5.64. The van der Waals surface area contributed by atoms with Gasteiger partial charge in [0.15, 0.2) is 0 Å². The van der Waals surface area contributed by atoms with E-state index < -0.39 is 5.91 Å². The number of carbonyl (C=O) groups is 1. The van der Waals surface area contributed by atoms with E-state index in [1.165, 1.54) is 13.3 Å². The highest BCUT2D eigenvalue weighted by atomic mass is 16.5. The van der Waals surface area contributed by atoms with Crippen molar-refractivity contribution in [3.63, 3.8) is 0 Å². The molecule has 5 nitrogen and oxygen atoms in total. The average molecular weight is 335 g/mol. The molecule has 2 aromatic carbocycles. The molecule has 2 aromatic rings. The van der Waals surface area contributed by atoms with E-state index in [0.717, 1.165) is 16.7 Å². The molecule has 0 aliphatic rings. The number of carbonyl (C=O) groups excluding carboxylic acids is 1. The lowest BCUT2D eigenvalue weighted by Crippen LogP contribution is -2.17. The first-order valence-corrected chi connectivity index (χ1v) is 7.89. The van der Waals surface area contributed by atoms with Crippen LogP contribution in [-0.4, -0.2) is 13.0 Å². The van der Waals surface area contributed by atoms with Crippen molar-refractivity contribution < 1.29 is 9.53 Å². The predicted octanol–water partition coefficient (Wildman–Crippen LogP) is 3.45. The first kappa shape index (κ1) is 18.1. The molecule has 0 heterocycles. The molecule has 0 aromatic heterocycles. The van der Waals surface area contributed by atoms with Crippen molar-refractivity contribution in [2.45, 2.75) is 20.4 Å². The molecule has 0 atom stereocenters. The molecule has 0 unspecified atom stereocenters. The number of nitrogens with one attached hydrogen (secondary N) is 2. The number of hydrogen-bond acceptors (Lipinski definition) is 4. The fraction of sp³-hybridized carbons (Fsp3) is 0.200. The summed E-state index contributed by atoms with van der Waals surface area (Å²) >= 11 is 0. The first-order chi connectivity index (χ1) is 12.0. The molecule has 1 amide bonds. The van der Waals surface area contributed by atoms with Crippen molar-refractivity contribution >= 4 is 11.6 Å². The minimum absolute atomic E-state index is 0.00265. The van der Waals surface area contributed by atoms with Crippen molar-refractivity contribution in [1.29, 1.82) is 5.26 Å². The van der Waals surface area contributed by atoms with E-state index in [0.29, 0.717) is 18.0 Å². The van der Waals surface area contributed by atoms with Gasteiger partial charge < -0.3 is 15.4 Å². The van der Waals surface area contributed by atoms with Gasteiger partial charge in [-0.1, -0.05) is 30.3 Å². The molecule has 2 rings (SSSR count). The van der Waals surface area contributed by atoms with Crippen LogP contribution in [0.1, 0.15) is 16.7 Å². The number of ether oxygens (including phenoxy) is 1. The highest BCUT2D eigenvalue weighted by molar-refractivity contribution is 6.07. The van der Waals surface area contributed by atoms with Gasteiger partial charge in [0.2, 0.25) is 0 Å². The van der Waals surface area contributed by atoms with Crippen molar-refractivity contribution in [1.82, 2.24) is 5.32 Å². The molecule has 2 N–H and O–H groups in total. The van der Waals surface area contributed by atoms with E-state index in [1.54, 1.807) is 12.1 Å². The average Bonchev–Trinajstić information content (AvgIpc) is 2.60. The van der Waals surface area contributed by atoms with E-state index in [1.807, 2.05) is 50.2 Å². The smallest absolute Gasteiger partial charge is 0.267 e. The summed E-state index contributed by atoms with van der Waals surface area (Å²) in [5, 5.41) is 15.0. The van der Waals surface area contributed by atoms with Crippen LogP contribution in [0, 0.1) is 25.2 Å². The molecular formula is C20H21N3O2. The number of amides is 1. The summed E-state index contributed by atoms with van der Waals surface area (Å²) in [6.45, 7) is 4.47. The zero-order chi connectivity index (χ0) is 18.2. The highest BCUT2D eigenvalue weighted by Crippen LogP contribution is 2.25. The third-order valence-corrected chi connectivity index (χ3v) is 3.77. The van der Waals surface area contributed by atoms with Gasteiger partial charge in [0.05, 0.1) is 12.8 Å². The zero-order valence-corrected chi connectivity index (χ0v) is 14.6. The SMILES string of the molecule is COc1ccc(C)cc1NC(=O)/C(C#N)=C\NCc1ccccc1C. The number of nitrogens with zero attached hydrogens (tertiary/aromatic N) is 1. The van der Waals surface area contributed by atoms with Gasteiger partial charge in [0, 0.05) is 12.7 Å². The second kappa shape index (κ2) is 8.55. The van der Waals surface area contributed by atoms with E-state index in [2.05, 4.69) is 10.6 Å². The third kappa shape index (κ3) is 4.85. The van der Waals surface area contributed by atoms with E-state index in [9.17, 15) is 10.1 Å². The van der Waals surface area contributed by atoms with Gasteiger partial charge >= 0.3 is 0 Å². The second-order valence-corrected chi connectivity index (χ2v) is 5.64. The van der Waals surface area contributed by atoms with Gasteiger partial charge in [-0.15, -0.1) is 0 Å². The number of benzene rings is 2. The summed E-state index contributed by atoms with van der Waals surface area (Å²) < 4.78 is 5.23. The van der Waals surface area contributed by atoms with Crippen molar-refractivity contribution in [3.05, 3.63) is 70.9 Å². The lowest BCUT2D eigenvalue weighted by molar-refractivity contribution is -0.112. The molecule has 0 radical (unpaired) electrons. The molecule has 5 heteroatoms. The molecule has 0 aliphatic carbocycles. The fourth-order valence-corrected chi connectivity index (χ4v) is 2.33. The molecule has 0 saturated carbocycles. The summed E-state index contributed by atoms with van der Waals surface area (Å²) in [6, 6.07) is 15.3. The fourth-order valence-electron chi connectivity index (χ4n) is 2.33. The molecule has 0 aliphatic heterocycles. The van der Waals surface area contributed by atoms with Crippen molar-refractivity contribution in [2.75, 3.05) is 12.4 Å². The lowest BCUT2D eigenvalue weighted by atomic mass is 10.1. The number of hydrogen-bond donors (Lipinski definition) is 2. The van der Waals surface area contributed by atoms with Crippen LogP contribution in [0.5, 0.6) is 5.75 Å². The van der Waals surface area contributed by atoms with E-state index >= 15 is 0 Å². The minimum atomic E-state index is -0.483. The van der Waals surface area contributed by atoms with E-state index in [-0.39, 0.29) is 5.57 Å². The Balaban J connectivity index is 2.07. The quantitative estimate of drug-likeness (QED) is 0.626. The topological polar surface area (TPSA) is 74.1 Å². The summed E-state index contributed by atoms with van der Waals surface area (Å²) in [6.07, 6.45) is 1.43. The Bertz CT molecular complexity index is 835. The van der Waals surface area contributed by atoms with Gasteiger partial charge in [-0.2, -0.15) is 5.26 Å². The highest BCUT2D eigenvalue weighted by Gasteiger charge is 2.12. The Morgan fingerprint density at radius 1 is 1.24 bits per heavy atom. The van der Waals surface area contributed by atoms with Crippen LogP contribution in [0.3, 0.4) is 0 Å². The lowest BCUT2D eigenvalue weighted by Gasteiger charge is -2.11. The van der Waals surface area contributed by atoms with Gasteiger partial charge in [-0.3, -0.25) is 4.79 Å². The molecule has 0 fully saturated rings. The maximum Gasteiger partial charge on any atom is 0.267 e. The molecular weight excluding hydrogens is 314 g/mol. The molecule has 128 valence electrons. The minimum Gasteiger partial charge on any atom is -0.495 e. The maximum absolute atomic E-state index is 12.3. The summed E-state index contributed by atoms with van der Waals surface area (Å²) in [7, 11) is 1.53. The normalized spacial score (nSPS) is 10.7.